The molecular weight excluding hydrogens is 198 g/mol. The van der Waals surface area contributed by atoms with Crippen molar-refractivity contribution >= 4 is 0 Å². The van der Waals surface area contributed by atoms with E-state index in [-0.39, 0.29) is 6.04 Å². The molecule has 0 aromatic carbocycles. The van der Waals surface area contributed by atoms with E-state index in [0.717, 1.165) is 12.2 Å². The van der Waals surface area contributed by atoms with Gasteiger partial charge in [-0.05, 0) is 30.7 Å². The lowest BCUT2D eigenvalue weighted by molar-refractivity contribution is 0.561. The van der Waals surface area contributed by atoms with Crippen molar-refractivity contribution < 1.29 is 0 Å². The fraction of sp³-hybridized carbons (Fsp3) is 0.308. The monoisotopic (exact) mass is 215 g/mol. The highest BCUT2D eigenvalue weighted by Gasteiger charge is 2.05. The summed E-state index contributed by atoms with van der Waals surface area (Å²) in [7, 11) is 2.03. The van der Waals surface area contributed by atoms with Crippen LogP contribution in [0, 0.1) is 0 Å². The number of hydrogen-bond donors (Lipinski definition) is 1. The maximum Gasteiger partial charge on any atom is 0.0570 e. The van der Waals surface area contributed by atoms with Gasteiger partial charge in [-0.3, -0.25) is 4.98 Å². The average Bonchev–Trinajstić information content (AvgIpc) is 2.73. The summed E-state index contributed by atoms with van der Waals surface area (Å²) in [6.07, 6.45) is 6.01. The van der Waals surface area contributed by atoms with Gasteiger partial charge in [-0.2, -0.15) is 0 Å². The van der Waals surface area contributed by atoms with Gasteiger partial charge in [0.1, 0.15) is 0 Å². The number of rotatable bonds is 4. The van der Waals surface area contributed by atoms with Crippen LogP contribution in [0.1, 0.15) is 24.2 Å². The molecule has 3 nitrogen and oxygen atoms in total. The number of hydrogen-bond acceptors (Lipinski definition) is 2. The predicted molar refractivity (Wildman–Crippen MR) is 64.9 cm³/mol. The zero-order chi connectivity index (χ0) is 11.4. The Balaban J connectivity index is 1.91. The van der Waals surface area contributed by atoms with Gasteiger partial charge in [0.2, 0.25) is 0 Å². The highest BCUT2D eigenvalue weighted by molar-refractivity contribution is 5.11. The van der Waals surface area contributed by atoms with Crippen molar-refractivity contribution in [1.29, 1.82) is 0 Å². The minimum Gasteiger partial charge on any atom is -0.357 e. The van der Waals surface area contributed by atoms with Gasteiger partial charge >= 0.3 is 0 Å². The minimum absolute atomic E-state index is 0.279. The Morgan fingerprint density at radius 1 is 1.38 bits per heavy atom. The summed E-state index contributed by atoms with van der Waals surface area (Å²) in [6.45, 7) is 3.00. The van der Waals surface area contributed by atoms with Gasteiger partial charge in [-0.25, -0.2) is 0 Å². The van der Waals surface area contributed by atoms with Gasteiger partial charge in [0.15, 0.2) is 0 Å². The largest absolute Gasteiger partial charge is 0.357 e. The van der Waals surface area contributed by atoms with Crippen molar-refractivity contribution in [3.63, 3.8) is 0 Å². The van der Waals surface area contributed by atoms with Crippen LogP contribution in [-0.2, 0) is 13.6 Å². The third-order valence-corrected chi connectivity index (χ3v) is 2.64. The van der Waals surface area contributed by atoms with Crippen molar-refractivity contribution in [1.82, 2.24) is 14.9 Å². The average molecular weight is 215 g/mol. The molecule has 0 spiro atoms. The lowest BCUT2D eigenvalue weighted by Gasteiger charge is -2.12. The Labute approximate surface area is 96.1 Å². The van der Waals surface area contributed by atoms with Crippen LogP contribution in [0.5, 0.6) is 0 Å². The van der Waals surface area contributed by atoms with Crippen molar-refractivity contribution in [2.45, 2.75) is 19.5 Å². The van der Waals surface area contributed by atoms with Crippen LogP contribution in [0.15, 0.2) is 42.9 Å². The molecule has 84 valence electrons. The summed E-state index contributed by atoms with van der Waals surface area (Å²) in [5, 5.41) is 3.45. The van der Waals surface area contributed by atoms with Gasteiger partial charge in [-0.1, -0.05) is 6.07 Å². The van der Waals surface area contributed by atoms with E-state index >= 15 is 0 Å². The Hall–Kier alpha value is -1.61. The number of aromatic nitrogens is 2. The van der Waals surface area contributed by atoms with Crippen LogP contribution in [0.3, 0.4) is 0 Å². The van der Waals surface area contributed by atoms with E-state index in [9.17, 15) is 0 Å². The Bertz CT molecular complexity index is 433. The second-order valence-corrected chi connectivity index (χ2v) is 4.04. The molecule has 0 aliphatic heterocycles. The molecule has 2 rings (SSSR count). The standard InChI is InChI=1S/C13H17N3/c1-11(13-5-3-4-7-14-13)15-9-12-6-8-16(2)10-12/h3-8,10-11,15H,9H2,1-2H3. The fourth-order valence-corrected chi connectivity index (χ4v) is 1.67. The molecular formula is C13H17N3. The lowest BCUT2D eigenvalue weighted by atomic mass is 10.2. The number of pyridine rings is 1. The summed E-state index contributed by atoms with van der Waals surface area (Å²) in [5.41, 5.74) is 2.38. The molecule has 0 amide bonds. The Morgan fingerprint density at radius 2 is 2.25 bits per heavy atom. The van der Waals surface area contributed by atoms with Crippen molar-refractivity contribution in [2.24, 2.45) is 7.05 Å². The molecule has 2 aromatic heterocycles. The van der Waals surface area contributed by atoms with Gasteiger partial charge in [0, 0.05) is 38.2 Å². The topological polar surface area (TPSA) is 29.9 Å². The molecule has 2 heterocycles. The Kier molecular flexibility index (Phi) is 3.37. The maximum absolute atomic E-state index is 4.33. The third kappa shape index (κ3) is 2.70. The first-order valence-corrected chi connectivity index (χ1v) is 5.51. The quantitative estimate of drug-likeness (QED) is 0.848. The molecule has 0 saturated heterocycles. The molecule has 1 atom stereocenters. The third-order valence-electron chi connectivity index (χ3n) is 2.64. The number of nitrogens with one attached hydrogen (secondary N) is 1. The molecule has 0 saturated carbocycles. The van der Waals surface area contributed by atoms with E-state index in [1.165, 1.54) is 5.56 Å². The maximum atomic E-state index is 4.33. The Morgan fingerprint density at radius 3 is 2.88 bits per heavy atom. The molecule has 0 aliphatic rings. The lowest BCUT2D eigenvalue weighted by Crippen LogP contribution is -2.18. The van der Waals surface area contributed by atoms with E-state index < -0.39 is 0 Å². The molecule has 0 aliphatic carbocycles. The van der Waals surface area contributed by atoms with Crippen molar-refractivity contribution in [3.8, 4) is 0 Å². The summed E-state index contributed by atoms with van der Waals surface area (Å²) in [5.74, 6) is 0. The van der Waals surface area contributed by atoms with Crippen LogP contribution in [0.4, 0.5) is 0 Å². The number of nitrogens with zero attached hydrogens (tertiary/aromatic N) is 2. The fourth-order valence-electron chi connectivity index (χ4n) is 1.67. The normalized spacial score (nSPS) is 12.6. The zero-order valence-corrected chi connectivity index (χ0v) is 9.72. The molecule has 0 bridgehead atoms. The van der Waals surface area contributed by atoms with Crippen LogP contribution in [-0.4, -0.2) is 9.55 Å². The predicted octanol–water partition coefficient (Wildman–Crippen LogP) is 2.27. The summed E-state index contributed by atoms with van der Waals surface area (Å²) >= 11 is 0. The molecule has 0 radical (unpaired) electrons. The molecule has 2 aromatic rings. The van der Waals surface area contributed by atoms with Crippen LogP contribution < -0.4 is 5.32 Å². The van der Waals surface area contributed by atoms with Crippen LogP contribution in [0.25, 0.3) is 0 Å². The first-order valence-electron chi connectivity index (χ1n) is 5.51. The van der Waals surface area contributed by atoms with Crippen molar-refractivity contribution in [3.05, 3.63) is 54.1 Å². The SMILES string of the molecule is CC(NCc1ccn(C)c1)c1ccccn1. The highest BCUT2D eigenvalue weighted by Crippen LogP contribution is 2.09. The van der Waals surface area contributed by atoms with Gasteiger partial charge in [-0.15, -0.1) is 0 Å². The van der Waals surface area contributed by atoms with Crippen LogP contribution in [0.2, 0.25) is 0 Å². The first kappa shape index (κ1) is 10.9. The van der Waals surface area contributed by atoms with Gasteiger partial charge in [0.25, 0.3) is 0 Å². The van der Waals surface area contributed by atoms with E-state index in [1.54, 1.807) is 0 Å². The summed E-state index contributed by atoms with van der Waals surface area (Å²) in [6, 6.07) is 8.40. The zero-order valence-electron chi connectivity index (χ0n) is 9.72. The first-order chi connectivity index (χ1) is 7.75. The molecule has 1 N–H and O–H groups in total. The second-order valence-electron chi connectivity index (χ2n) is 4.04. The minimum atomic E-state index is 0.279. The molecule has 1 unspecified atom stereocenters. The van der Waals surface area contributed by atoms with E-state index in [2.05, 4.69) is 40.3 Å². The summed E-state index contributed by atoms with van der Waals surface area (Å²) < 4.78 is 2.06. The van der Waals surface area contributed by atoms with E-state index in [4.69, 9.17) is 0 Å². The van der Waals surface area contributed by atoms with Gasteiger partial charge < -0.3 is 9.88 Å². The van der Waals surface area contributed by atoms with Gasteiger partial charge in [0.05, 0.1) is 5.69 Å². The highest BCUT2D eigenvalue weighted by atomic mass is 14.9. The summed E-state index contributed by atoms with van der Waals surface area (Å²) in [4.78, 5) is 4.33. The molecule has 0 fully saturated rings. The second kappa shape index (κ2) is 4.94. The molecule has 3 heteroatoms. The number of aryl methyl sites for hydroxylation is 1. The van der Waals surface area contributed by atoms with Crippen LogP contribution >= 0.6 is 0 Å². The van der Waals surface area contributed by atoms with E-state index in [0.29, 0.717) is 0 Å². The smallest absolute Gasteiger partial charge is 0.0570 e. The van der Waals surface area contributed by atoms with E-state index in [1.807, 2.05) is 31.4 Å². The van der Waals surface area contributed by atoms with Crippen molar-refractivity contribution in [2.75, 3.05) is 0 Å². The molecule has 16 heavy (non-hydrogen) atoms.